The Balaban J connectivity index is 1.70. The molecule has 0 bridgehead atoms. The summed E-state index contributed by atoms with van der Waals surface area (Å²) in [6, 6.07) is 1.85. The Labute approximate surface area is 130 Å². The van der Waals surface area contributed by atoms with Crippen LogP contribution < -0.4 is 0 Å². The molecule has 2 aliphatic carbocycles. The highest BCUT2D eigenvalue weighted by Gasteiger charge is 2.58. The van der Waals surface area contributed by atoms with Gasteiger partial charge < -0.3 is 9.15 Å². The molecule has 22 heavy (non-hydrogen) atoms. The molecule has 3 aliphatic rings. The van der Waals surface area contributed by atoms with Gasteiger partial charge in [0.05, 0.1) is 18.4 Å². The van der Waals surface area contributed by atoms with E-state index in [2.05, 4.69) is 6.92 Å². The number of hydrogen-bond donors (Lipinski definition) is 0. The maximum absolute atomic E-state index is 12.6. The highest BCUT2D eigenvalue weighted by Crippen LogP contribution is 2.58. The summed E-state index contributed by atoms with van der Waals surface area (Å²) < 4.78 is 10.8. The normalized spacial score (nSPS) is 41.5. The van der Waals surface area contributed by atoms with Crippen LogP contribution in [0, 0.1) is 23.2 Å². The number of fused-ring (bicyclic) bond motifs is 3. The molecule has 0 radical (unpaired) electrons. The van der Waals surface area contributed by atoms with Gasteiger partial charge in [-0.15, -0.1) is 0 Å². The zero-order valence-electron chi connectivity index (χ0n) is 12.9. The summed E-state index contributed by atoms with van der Waals surface area (Å²) in [6.45, 7) is 2.14. The minimum atomic E-state index is -0.277. The fraction of sp³-hybridized carbons (Fsp3) is 0.667. The van der Waals surface area contributed by atoms with E-state index in [9.17, 15) is 9.59 Å². The first kappa shape index (κ1) is 14.0. The molecule has 0 N–H and O–H groups in total. The third-order valence-corrected chi connectivity index (χ3v) is 6.23. The van der Waals surface area contributed by atoms with Crippen molar-refractivity contribution in [3.8, 4) is 0 Å². The van der Waals surface area contributed by atoms with E-state index in [1.54, 1.807) is 12.5 Å². The number of Topliss-reactive ketones (excluding diaryl/α,β-unsaturated/α-hetero) is 1. The topological polar surface area (TPSA) is 56.5 Å². The van der Waals surface area contributed by atoms with Crippen LogP contribution in [0.25, 0.3) is 0 Å². The highest BCUT2D eigenvalue weighted by atomic mass is 16.5. The van der Waals surface area contributed by atoms with Gasteiger partial charge in [0.2, 0.25) is 0 Å². The molecule has 0 spiro atoms. The molecule has 1 aromatic rings. The number of ether oxygens (including phenoxy) is 1. The monoisotopic (exact) mass is 302 g/mol. The first-order valence-corrected chi connectivity index (χ1v) is 8.35. The van der Waals surface area contributed by atoms with E-state index in [0.717, 1.165) is 37.7 Å². The Hall–Kier alpha value is -1.58. The van der Waals surface area contributed by atoms with Gasteiger partial charge in [-0.25, -0.2) is 0 Å². The number of hydrogen-bond acceptors (Lipinski definition) is 4. The van der Waals surface area contributed by atoms with Gasteiger partial charge in [-0.1, -0.05) is 6.92 Å². The van der Waals surface area contributed by atoms with Gasteiger partial charge in [0, 0.05) is 17.9 Å². The maximum Gasteiger partial charge on any atom is 0.310 e. The average Bonchev–Trinajstić information content (AvgIpc) is 3.00. The molecule has 4 nitrogen and oxygen atoms in total. The third kappa shape index (κ3) is 1.96. The van der Waals surface area contributed by atoms with Gasteiger partial charge in [-0.2, -0.15) is 0 Å². The number of carbonyl (C=O) groups is 2. The predicted molar refractivity (Wildman–Crippen MR) is 78.8 cm³/mol. The molecule has 1 aromatic heterocycles. The second-order valence-corrected chi connectivity index (χ2v) is 7.42. The largest absolute Gasteiger partial charge is 0.472 e. The minimum Gasteiger partial charge on any atom is -0.472 e. The molecule has 118 valence electrons. The van der Waals surface area contributed by atoms with Crippen molar-refractivity contribution < 1.29 is 18.7 Å². The molecular formula is C18H22O4. The van der Waals surface area contributed by atoms with E-state index in [4.69, 9.17) is 9.15 Å². The summed E-state index contributed by atoms with van der Waals surface area (Å²) >= 11 is 0. The average molecular weight is 302 g/mol. The Morgan fingerprint density at radius 2 is 2.09 bits per heavy atom. The molecule has 1 aliphatic heterocycles. The van der Waals surface area contributed by atoms with Crippen LogP contribution in [0.3, 0.4) is 0 Å². The van der Waals surface area contributed by atoms with Gasteiger partial charge in [-0.3, -0.25) is 9.59 Å². The number of cyclic esters (lactones) is 1. The van der Waals surface area contributed by atoms with Crippen molar-refractivity contribution in [3.05, 3.63) is 24.2 Å². The van der Waals surface area contributed by atoms with Crippen LogP contribution >= 0.6 is 0 Å². The Morgan fingerprint density at radius 1 is 1.23 bits per heavy atom. The SMILES string of the molecule is C[C@]12CC(c3ccoc3)OC(=O)C1CCC1CCCC(=O)C12. The van der Waals surface area contributed by atoms with E-state index in [1.807, 2.05) is 6.07 Å². The van der Waals surface area contributed by atoms with Gasteiger partial charge in [0.15, 0.2) is 0 Å². The molecule has 4 heteroatoms. The second kappa shape index (κ2) is 4.97. The quantitative estimate of drug-likeness (QED) is 0.743. The highest BCUT2D eigenvalue weighted by molar-refractivity contribution is 5.85. The summed E-state index contributed by atoms with van der Waals surface area (Å²) in [5, 5.41) is 0. The van der Waals surface area contributed by atoms with Crippen LogP contribution in [0.4, 0.5) is 0 Å². The molecule has 0 aromatic carbocycles. The van der Waals surface area contributed by atoms with Gasteiger partial charge in [0.25, 0.3) is 0 Å². The zero-order valence-corrected chi connectivity index (χ0v) is 12.9. The molecule has 2 saturated carbocycles. The second-order valence-electron chi connectivity index (χ2n) is 7.42. The first-order valence-electron chi connectivity index (χ1n) is 8.35. The van der Waals surface area contributed by atoms with Crippen molar-refractivity contribution in [1.29, 1.82) is 0 Å². The summed E-state index contributed by atoms with van der Waals surface area (Å²) in [4.78, 5) is 25.2. The first-order chi connectivity index (χ1) is 10.6. The summed E-state index contributed by atoms with van der Waals surface area (Å²) in [5.74, 6) is 0.598. The smallest absolute Gasteiger partial charge is 0.310 e. The van der Waals surface area contributed by atoms with Crippen molar-refractivity contribution in [3.63, 3.8) is 0 Å². The Kier molecular flexibility index (Phi) is 3.17. The molecule has 1 saturated heterocycles. The standard InChI is InChI=1S/C18H22O4/c1-18-9-15(12-7-8-21-10-12)22-17(20)13(18)6-5-11-3-2-4-14(19)16(11)18/h7-8,10-11,13,15-16H,2-6,9H2,1H3/t11?,13?,15?,16?,18-/m0/s1. The number of rotatable bonds is 1. The lowest BCUT2D eigenvalue weighted by Crippen LogP contribution is -2.54. The van der Waals surface area contributed by atoms with Gasteiger partial charge >= 0.3 is 5.97 Å². The molecule has 5 atom stereocenters. The van der Waals surface area contributed by atoms with Crippen LogP contribution in [0.2, 0.25) is 0 Å². The Bertz CT molecular complexity index is 590. The van der Waals surface area contributed by atoms with Gasteiger partial charge in [0.1, 0.15) is 11.9 Å². The molecule has 3 fully saturated rings. The van der Waals surface area contributed by atoms with Crippen molar-refractivity contribution in [2.75, 3.05) is 0 Å². The number of esters is 1. The van der Waals surface area contributed by atoms with Crippen molar-refractivity contribution >= 4 is 11.8 Å². The van der Waals surface area contributed by atoms with E-state index < -0.39 is 0 Å². The molecule has 2 heterocycles. The van der Waals surface area contributed by atoms with Crippen LogP contribution in [-0.4, -0.2) is 11.8 Å². The lowest BCUT2D eigenvalue weighted by atomic mass is 9.51. The van der Waals surface area contributed by atoms with E-state index in [1.165, 1.54) is 0 Å². The molecule has 0 amide bonds. The number of ketones is 1. The van der Waals surface area contributed by atoms with Gasteiger partial charge in [-0.05, 0) is 49.5 Å². The van der Waals surface area contributed by atoms with Crippen LogP contribution in [0.1, 0.15) is 57.1 Å². The summed E-state index contributed by atoms with van der Waals surface area (Å²) in [6.07, 6.45) is 8.37. The van der Waals surface area contributed by atoms with Crippen molar-refractivity contribution in [2.45, 2.75) is 51.6 Å². The van der Waals surface area contributed by atoms with Crippen LogP contribution in [0.15, 0.2) is 23.0 Å². The van der Waals surface area contributed by atoms with Crippen molar-refractivity contribution in [2.24, 2.45) is 23.2 Å². The van der Waals surface area contributed by atoms with E-state index in [-0.39, 0.29) is 29.3 Å². The number of carbonyl (C=O) groups excluding carboxylic acids is 2. The van der Waals surface area contributed by atoms with Crippen molar-refractivity contribution in [1.82, 2.24) is 0 Å². The molecular weight excluding hydrogens is 280 g/mol. The van der Waals surface area contributed by atoms with Crippen LogP contribution in [0.5, 0.6) is 0 Å². The maximum atomic E-state index is 12.6. The third-order valence-electron chi connectivity index (χ3n) is 6.23. The fourth-order valence-electron chi connectivity index (χ4n) is 5.23. The zero-order chi connectivity index (χ0) is 15.3. The fourth-order valence-corrected chi connectivity index (χ4v) is 5.23. The summed E-state index contributed by atoms with van der Waals surface area (Å²) in [5.41, 5.74) is 0.635. The molecule has 4 rings (SSSR count). The van der Waals surface area contributed by atoms with E-state index in [0.29, 0.717) is 18.1 Å². The lowest BCUT2D eigenvalue weighted by molar-refractivity contribution is -0.188. The molecule has 4 unspecified atom stereocenters. The van der Waals surface area contributed by atoms with Crippen LogP contribution in [-0.2, 0) is 14.3 Å². The minimum absolute atomic E-state index is 0.0299. The Morgan fingerprint density at radius 3 is 2.86 bits per heavy atom. The number of furan rings is 1. The summed E-state index contributed by atoms with van der Waals surface area (Å²) in [7, 11) is 0. The van der Waals surface area contributed by atoms with E-state index >= 15 is 0 Å². The predicted octanol–water partition coefficient (Wildman–Crippen LogP) is 3.67. The lowest BCUT2D eigenvalue weighted by Gasteiger charge is -2.54.